The molecule has 0 radical (unpaired) electrons. The molecule has 0 saturated heterocycles. The largest absolute Gasteiger partial charge is 0.460 e. The normalized spacial score (nSPS) is 11.7. The van der Waals surface area contributed by atoms with Crippen molar-refractivity contribution in [3.8, 4) is 0 Å². The van der Waals surface area contributed by atoms with Crippen LogP contribution in [-0.4, -0.2) is 24.9 Å². The topological polar surface area (TPSA) is 99.4 Å². The molecule has 0 aromatic carbocycles. The van der Waals surface area contributed by atoms with Crippen LogP contribution in [0, 0.1) is 6.92 Å². The van der Waals surface area contributed by atoms with Crippen molar-refractivity contribution in [2.75, 3.05) is 5.43 Å². The molecular formula is C14H16N6O3. The summed E-state index contributed by atoms with van der Waals surface area (Å²) in [4.78, 5) is 28.4. The summed E-state index contributed by atoms with van der Waals surface area (Å²) in [7, 11) is 4.67. The van der Waals surface area contributed by atoms with Crippen LogP contribution in [-0.2, 0) is 21.1 Å². The predicted molar refractivity (Wildman–Crippen MR) is 85.9 cm³/mol. The minimum Gasteiger partial charge on any atom is -0.460 e. The van der Waals surface area contributed by atoms with Crippen molar-refractivity contribution in [1.82, 2.24) is 18.7 Å². The number of imidazole rings is 1. The Morgan fingerprint density at radius 1 is 1.17 bits per heavy atom. The second-order valence-corrected chi connectivity index (χ2v) is 5.19. The lowest BCUT2D eigenvalue weighted by Crippen LogP contribution is -2.37. The number of aryl methyl sites for hydroxylation is 3. The molecule has 0 fully saturated rings. The molecule has 3 heterocycles. The molecule has 9 nitrogen and oxygen atoms in total. The second-order valence-electron chi connectivity index (χ2n) is 5.19. The zero-order valence-corrected chi connectivity index (χ0v) is 13.2. The fourth-order valence-electron chi connectivity index (χ4n) is 2.29. The van der Waals surface area contributed by atoms with Crippen molar-refractivity contribution in [3.63, 3.8) is 0 Å². The molecule has 0 bridgehead atoms. The van der Waals surface area contributed by atoms with Crippen LogP contribution in [0.3, 0.4) is 0 Å². The molecule has 3 rings (SSSR count). The van der Waals surface area contributed by atoms with Crippen LogP contribution in [0.2, 0.25) is 0 Å². The smallest absolute Gasteiger partial charge is 0.332 e. The van der Waals surface area contributed by atoms with Crippen LogP contribution < -0.4 is 16.7 Å². The summed E-state index contributed by atoms with van der Waals surface area (Å²) in [6.07, 6.45) is 1.50. The molecule has 0 spiro atoms. The number of furan rings is 1. The van der Waals surface area contributed by atoms with Crippen molar-refractivity contribution in [1.29, 1.82) is 0 Å². The van der Waals surface area contributed by atoms with E-state index in [4.69, 9.17) is 4.42 Å². The van der Waals surface area contributed by atoms with Gasteiger partial charge in [-0.3, -0.25) is 13.9 Å². The van der Waals surface area contributed by atoms with Crippen LogP contribution in [0.4, 0.5) is 5.95 Å². The maximum absolute atomic E-state index is 12.2. The zero-order chi connectivity index (χ0) is 16.7. The Bertz CT molecular complexity index is 1030. The highest BCUT2D eigenvalue weighted by molar-refractivity contribution is 5.77. The van der Waals surface area contributed by atoms with E-state index >= 15 is 0 Å². The SMILES string of the molecule is Cc1ccc(/C=N/Nc2nc3c(c(=O)n(C)c(=O)n3C)n2C)o1. The summed E-state index contributed by atoms with van der Waals surface area (Å²) in [5, 5.41) is 4.04. The lowest BCUT2D eigenvalue weighted by molar-refractivity contribution is 0.528. The molecule has 9 heteroatoms. The number of fused-ring (bicyclic) bond motifs is 1. The van der Waals surface area contributed by atoms with Crippen molar-refractivity contribution in [3.05, 3.63) is 44.5 Å². The number of rotatable bonds is 3. The fourth-order valence-corrected chi connectivity index (χ4v) is 2.29. The minimum atomic E-state index is -0.429. The summed E-state index contributed by atoms with van der Waals surface area (Å²) in [6.45, 7) is 1.84. The number of hydrazone groups is 1. The molecule has 3 aromatic heterocycles. The fraction of sp³-hybridized carbons (Fsp3) is 0.286. The second kappa shape index (κ2) is 5.27. The van der Waals surface area contributed by atoms with E-state index in [1.807, 2.05) is 13.0 Å². The van der Waals surface area contributed by atoms with E-state index in [0.717, 1.165) is 10.3 Å². The molecule has 23 heavy (non-hydrogen) atoms. The van der Waals surface area contributed by atoms with Gasteiger partial charge in [0.15, 0.2) is 11.2 Å². The highest BCUT2D eigenvalue weighted by Gasteiger charge is 2.16. The standard InChI is InChI=1S/C14H16N6O3/c1-8-5-6-9(23-8)7-15-17-13-16-11-10(18(13)2)12(21)20(4)14(22)19(11)3/h5-7H,1-4H3,(H,16,17)/b15-7+. The average molecular weight is 316 g/mol. The Morgan fingerprint density at radius 2 is 1.91 bits per heavy atom. The van der Waals surface area contributed by atoms with Crippen LogP contribution in [0.1, 0.15) is 11.5 Å². The molecule has 1 N–H and O–H groups in total. The van der Waals surface area contributed by atoms with Crippen LogP contribution >= 0.6 is 0 Å². The predicted octanol–water partition coefficient (Wildman–Crippen LogP) is 0.318. The van der Waals surface area contributed by atoms with Crippen molar-refractivity contribution in [2.45, 2.75) is 6.92 Å². The van der Waals surface area contributed by atoms with Gasteiger partial charge in [-0.25, -0.2) is 10.2 Å². The van der Waals surface area contributed by atoms with E-state index in [-0.39, 0.29) is 0 Å². The molecule has 0 aliphatic carbocycles. The molecule has 0 amide bonds. The van der Waals surface area contributed by atoms with Gasteiger partial charge in [-0.1, -0.05) is 0 Å². The molecule has 0 unspecified atom stereocenters. The monoisotopic (exact) mass is 316 g/mol. The van der Waals surface area contributed by atoms with E-state index < -0.39 is 11.2 Å². The molecular weight excluding hydrogens is 300 g/mol. The van der Waals surface area contributed by atoms with Gasteiger partial charge in [0.25, 0.3) is 5.56 Å². The summed E-state index contributed by atoms with van der Waals surface area (Å²) in [5.41, 5.74) is 2.54. The first kappa shape index (κ1) is 14.8. The first-order valence-electron chi connectivity index (χ1n) is 6.88. The van der Waals surface area contributed by atoms with Gasteiger partial charge in [0.05, 0.1) is 6.21 Å². The van der Waals surface area contributed by atoms with Crippen LogP contribution in [0.5, 0.6) is 0 Å². The molecule has 0 saturated carbocycles. The number of hydrogen-bond acceptors (Lipinski definition) is 6. The van der Waals surface area contributed by atoms with Gasteiger partial charge in [0.1, 0.15) is 11.5 Å². The maximum atomic E-state index is 12.2. The van der Waals surface area contributed by atoms with Crippen molar-refractivity contribution in [2.24, 2.45) is 26.2 Å². The van der Waals surface area contributed by atoms with Crippen LogP contribution in [0.25, 0.3) is 11.2 Å². The maximum Gasteiger partial charge on any atom is 0.332 e. The Balaban J connectivity index is 2.03. The Kier molecular flexibility index (Phi) is 3.40. The molecule has 3 aromatic rings. The summed E-state index contributed by atoms with van der Waals surface area (Å²) in [5.74, 6) is 1.72. The highest BCUT2D eigenvalue weighted by atomic mass is 16.3. The van der Waals surface area contributed by atoms with Crippen molar-refractivity contribution < 1.29 is 4.42 Å². The Labute approximate surface area is 130 Å². The number of nitrogens with one attached hydrogen (secondary N) is 1. The van der Waals surface area contributed by atoms with Gasteiger partial charge < -0.3 is 8.98 Å². The van der Waals surface area contributed by atoms with E-state index in [2.05, 4.69) is 15.5 Å². The van der Waals surface area contributed by atoms with Gasteiger partial charge in [-0.15, -0.1) is 0 Å². The van der Waals surface area contributed by atoms with E-state index in [1.54, 1.807) is 24.7 Å². The number of anilines is 1. The lowest BCUT2D eigenvalue weighted by atomic mass is 10.4. The van der Waals surface area contributed by atoms with Gasteiger partial charge in [-0.2, -0.15) is 10.1 Å². The quantitative estimate of drug-likeness (QED) is 0.554. The third-order valence-corrected chi connectivity index (χ3v) is 3.59. The summed E-state index contributed by atoms with van der Waals surface area (Å²) < 4.78 is 9.29. The van der Waals surface area contributed by atoms with Crippen molar-refractivity contribution >= 4 is 23.3 Å². The molecule has 0 atom stereocenters. The van der Waals surface area contributed by atoms with E-state index in [9.17, 15) is 9.59 Å². The molecule has 120 valence electrons. The summed E-state index contributed by atoms with van der Waals surface area (Å²) >= 11 is 0. The van der Waals surface area contributed by atoms with E-state index in [0.29, 0.717) is 22.9 Å². The third kappa shape index (κ3) is 2.35. The molecule has 0 aliphatic rings. The number of aromatic nitrogens is 4. The van der Waals surface area contributed by atoms with Gasteiger partial charge >= 0.3 is 5.69 Å². The van der Waals surface area contributed by atoms with Gasteiger partial charge in [-0.05, 0) is 19.1 Å². The van der Waals surface area contributed by atoms with Gasteiger partial charge in [0, 0.05) is 21.1 Å². The lowest BCUT2D eigenvalue weighted by Gasteiger charge is -2.03. The number of nitrogens with zero attached hydrogens (tertiary/aromatic N) is 5. The third-order valence-electron chi connectivity index (χ3n) is 3.59. The highest BCUT2D eigenvalue weighted by Crippen LogP contribution is 2.13. The van der Waals surface area contributed by atoms with Crippen LogP contribution in [0.15, 0.2) is 31.2 Å². The zero-order valence-electron chi connectivity index (χ0n) is 13.2. The summed E-state index contributed by atoms with van der Waals surface area (Å²) in [6, 6.07) is 3.62. The number of hydrogen-bond donors (Lipinski definition) is 1. The molecule has 0 aliphatic heterocycles. The minimum absolute atomic E-state index is 0.298. The first-order valence-corrected chi connectivity index (χ1v) is 6.88. The van der Waals surface area contributed by atoms with Gasteiger partial charge in [0.2, 0.25) is 5.95 Å². The Morgan fingerprint density at radius 3 is 2.57 bits per heavy atom. The van der Waals surface area contributed by atoms with E-state index in [1.165, 1.54) is 17.8 Å². The average Bonchev–Trinajstić information content (AvgIpc) is 3.07. The first-order chi connectivity index (χ1) is 10.9. The Hall–Kier alpha value is -3.10.